The molecule has 0 unspecified atom stereocenters. The summed E-state index contributed by atoms with van der Waals surface area (Å²) in [5, 5.41) is 9.24. The molecule has 0 aromatic heterocycles. The van der Waals surface area contributed by atoms with E-state index in [1.165, 1.54) is 17.0 Å². The van der Waals surface area contributed by atoms with Crippen LogP contribution in [0.3, 0.4) is 0 Å². The Hall–Kier alpha value is -0.940. The summed E-state index contributed by atoms with van der Waals surface area (Å²) >= 11 is 5.88. The van der Waals surface area contributed by atoms with Crippen molar-refractivity contribution in [1.29, 1.82) is 0 Å². The summed E-state index contributed by atoms with van der Waals surface area (Å²) < 4.78 is 37.3. The molecule has 0 aliphatic carbocycles. The first-order valence-electron chi connectivity index (χ1n) is 5.58. The molecule has 6 heteroatoms. The van der Waals surface area contributed by atoms with Gasteiger partial charge in [0.05, 0.1) is 6.61 Å². The summed E-state index contributed by atoms with van der Waals surface area (Å²) in [7, 11) is 0. The van der Waals surface area contributed by atoms with E-state index < -0.39 is 12.7 Å². The van der Waals surface area contributed by atoms with Crippen LogP contribution in [0.2, 0.25) is 5.02 Å². The van der Waals surface area contributed by atoms with Crippen molar-refractivity contribution in [1.82, 2.24) is 0 Å². The number of aliphatic hydroxyl groups excluding tert-OH is 1. The van der Waals surface area contributed by atoms with Crippen molar-refractivity contribution in [3.63, 3.8) is 0 Å². The number of nitrogens with zero attached hydrogens (tertiary/aromatic N) is 1. The van der Waals surface area contributed by atoms with Gasteiger partial charge in [0.25, 0.3) is 0 Å². The number of hydrogen-bond acceptors (Lipinski definition) is 2. The van der Waals surface area contributed by atoms with Crippen LogP contribution < -0.4 is 4.90 Å². The first kappa shape index (κ1) is 15.1. The Morgan fingerprint density at radius 1 is 1.33 bits per heavy atom. The van der Waals surface area contributed by atoms with Crippen LogP contribution in [0.5, 0.6) is 0 Å². The zero-order chi connectivity index (χ0) is 13.8. The van der Waals surface area contributed by atoms with E-state index in [-0.39, 0.29) is 11.6 Å². The highest BCUT2D eigenvalue weighted by Gasteiger charge is 2.30. The number of anilines is 1. The van der Waals surface area contributed by atoms with Gasteiger partial charge in [0.1, 0.15) is 6.54 Å². The second-order valence-electron chi connectivity index (χ2n) is 3.97. The topological polar surface area (TPSA) is 23.5 Å². The lowest BCUT2D eigenvalue weighted by Crippen LogP contribution is -2.34. The van der Waals surface area contributed by atoms with E-state index in [4.69, 9.17) is 16.7 Å². The van der Waals surface area contributed by atoms with Crippen molar-refractivity contribution in [2.45, 2.75) is 26.1 Å². The maximum absolute atomic E-state index is 12.4. The van der Waals surface area contributed by atoms with Gasteiger partial charge >= 0.3 is 6.18 Å². The largest absolute Gasteiger partial charge is 0.405 e. The van der Waals surface area contributed by atoms with Crippen LogP contribution in [0.25, 0.3) is 0 Å². The van der Waals surface area contributed by atoms with Crippen molar-refractivity contribution in [3.8, 4) is 0 Å². The van der Waals surface area contributed by atoms with Gasteiger partial charge in [0, 0.05) is 17.3 Å². The monoisotopic (exact) mass is 281 g/mol. The molecule has 1 N–H and O–H groups in total. The molecule has 1 aromatic carbocycles. The van der Waals surface area contributed by atoms with Crippen molar-refractivity contribution in [2.75, 3.05) is 18.0 Å². The van der Waals surface area contributed by atoms with Gasteiger partial charge in [-0.1, -0.05) is 24.6 Å². The molecule has 18 heavy (non-hydrogen) atoms. The lowest BCUT2D eigenvalue weighted by molar-refractivity contribution is -0.119. The number of hydrogen-bond donors (Lipinski definition) is 1. The molecular formula is C12H15ClF3NO. The third-order valence-corrected chi connectivity index (χ3v) is 2.79. The number of benzene rings is 1. The predicted octanol–water partition coefficient (Wildman–Crippen LogP) is 3.61. The first-order valence-corrected chi connectivity index (χ1v) is 5.96. The Labute approximate surface area is 109 Å². The first-order chi connectivity index (χ1) is 8.37. The average molecular weight is 282 g/mol. The summed E-state index contributed by atoms with van der Waals surface area (Å²) in [5.41, 5.74) is 0.917. The van der Waals surface area contributed by atoms with Gasteiger partial charge in [-0.25, -0.2) is 0 Å². The van der Waals surface area contributed by atoms with Crippen LogP contribution in [-0.4, -0.2) is 24.4 Å². The molecule has 0 aliphatic heterocycles. The standard InChI is InChI=1S/C12H15ClF3NO/c1-2-5-17(8-12(14,15)16)10-4-3-9(7-18)11(13)6-10/h3-4,6,18H,2,5,7-8H2,1H3. The lowest BCUT2D eigenvalue weighted by Gasteiger charge is -2.26. The SMILES string of the molecule is CCCN(CC(F)(F)F)c1ccc(CO)c(Cl)c1. The summed E-state index contributed by atoms with van der Waals surface area (Å²) in [4.78, 5) is 1.23. The fraction of sp³-hybridized carbons (Fsp3) is 0.500. The smallest absolute Gasteiger partial charge is 0.392 e. The molecular weight excluding hydrogens is 267 g/mol. The van der Waals surface area contributed by atoms with E-state index >= 15 is 0 Å². The predicted molar refractivity (Wildman–Crippen MR) is 65.9 cm³/mol. The van der Waals surface area contributed by atoms with Gasteiger partial charge in [0.15, 0.2) is 0 Å². The lowest BCUT2D eigenvalue weighted by atomic mass is 10.2. The quantitative estimate of drug-likeness (QED) is 0.891. The van der Waals surface area contributed by atoms with Crippen LogP contribution in [0.15, 0.2) is 18.2 Å². The molecule has 0 heterocycles. The number of aliphatic hydroxyl groups is 1. The fourth-order valence-electron chi connectivity index (χ4n) is 1.65. The van der Waals surface area contributed by atoms with Crippen LogP contribution in [0, 0.1) is 0 Å². The summed E-state index contributed by atoms with van der Waals surface area (Å²) in [6.07, 6.45) is -3.65. The van der Waals surface area contributed by atoms with Gasteiger partial charge in [-0.3, -0.25) is 0 Å². The average Bonchev–Trinajstić information content (AvgIpc) is 2.26. The van der Waals surface area contributed by atoms with Crippen LogP contribution >= 0.6 is 11.6 Å². The Morgan fingerprint density at radius 2 is 2.00 bits per heavy atom. The van der Waals surface area contributed by atoms with E-state index in [0.717, 1.165) is 0 Å². The van der Waals surface area contributed by atoms with Gasteiger partial charge in [-0.15, -0.1) is 0 Å². The molecule has 0 bridgehead atoms. The molecule has 0 spiro atoms. The van der Waals surface area contributed by atoms with Crippen molar-refractivity contribution < 1.29 is 18.3 Å². The Bertz CT molecular complexity index is 395. The molecule has 0 aliphatic rings. The summed E-state index contributed by atoms with van der Waals surface area (Å²) in [6.45, 7) is 0.878. The Balaban J connectivity index is 2.95. The van der Waals surface area contributed by atoms with Gasteiger partial charge in [-0.2, -0.15) is 13.2 Å². The van der Waals surface area contributed by atoms with Crippen LogP contribution in [0.4, 0.5) is 18.9 Å². The fourth-order valence-corrected chi connectivity index (χ4v) is 1.88. The van der Waals surface area contributed by atoms with Crippen LogP contribution in [0.1, 0.15) is 18.9 Å². The molecule has 0 amide bonds. The maximum Gasteiger partial charge on any atom is 0.405 e. The van der Waals surface area contributed by atoms with Crippen molar-refractivity contribution in [3.05, 3.63) is 28.8 Å². The number of alkyl halides is 3. The van der Waals surface area contributed by atoms with Crippen molar-refractivity contribution >= 4 is 17.3 Å². The maximum atomic E-state index is 12.4. The Kier molecular flexibility index (Phi) is 5.28. The molecule has 0 saturated carbocycles. The highest BCUT2D eigenvalue weighted by molar-refractivity contribution is 6.31. The molecule has 0 radical (unpaired) electrons. The normalized spacial score (nSPS) is 11.7. The molecule has 0 fully saturated rings. The minimum absolute atomic E-state index is 0.230. The molecule has 0 atom stereocenters. The zero-order valence-corrected chi connectivity index (χ0v) is 10.7. The van der Waals surface area contributed by atoms with Gasteiger partial charge in [-0.05, 0) is 24.1 Å². The number of rotatable bonds is 5. The second-order valence-corrected chi connectivity index (χ2v) is 4.38. The highest BCUT2D eigenvalue weighted by atomic mass is 35.5. The second kappa shape index (κ2) is 6.29. The van der Waals surface area contributed by atoms with Gasteiger partial charge < -0.3 is 10.0 Å². The minimum atomic E-state index is -4.25. The third-order valence-electron chi connectivity index (χ3n) is 2.44. The van der Waals surface area contributed by atoms with E-state index in [9.17, 15) is 13.2 Å². The van der Waals surface area contributed by atoms with E-state index in [1.807, 2.05) is 6.92 Å². The molecule has 0 saturated heterocycles. The molecule has 1 aromatic rings. The minimum Gasteiger partial charge on any atom is -0.392 e. The summed E-state index contributed by atoms with van der Waals surface area (Å²) in [6, 6.07) is 4.53. The number of halogens is 4. The highest BCUT2D eigenvalue weighted by Crippen LogP contribution is 2.27. The Morgan fingerprint density at radius 3 is 2.44 bits per heavy atom. The van der Waals surface area contributed by atoms with Crippen LogP contribution in [-0.2, 0) is 6.61 Å². The van der Waals surface area contributed by atoms with E-state index in [1.54, 1.807) is 6.07 Å². The molecule has 2 nitrogen and oxygen atoms in total. The van der Waals surface area contributed by atoms with Gasteiger partial charge in [0.2, 0.25) is 0 Å². The third kappa shape index (κ3) is 4.38. The molecule has 1 rings (SSSR count). The zero-order valence-electron chi connectivity index (χ0n) is 9.97. The van der Waals surface area contributed by atoms with E-state index in [2.05, 4.69) is 0 Å². The molecule has 102 valence electrons. The summed E-state index contributed by atoms with van der Waals surface area (Å²) in [5.74, 6) is 0. The van der Waals surface area contributed by atoms with E-state index in [0.29, 0.717) is 24.2 Å². The van der Waals surface area contributed by atoms with Crippen molar-refractivity contribution in [2.24, 2.45) is 0 Å².